The lowest BCUT2D eigenvalue weighted by Crippen LogP contribution is -2.21. The van der Waals surface area contributed by atoms with Gasteiger partial charge in [-0.25, -0.2) is 8.42 Å². The number of sulfone groups is 1. The number of fused-ring (bicyclic) bond motifs is 1. The van der Waals surface area contributed by atoms with Gasteiger partial charge in [-0.1, -0.05) is 19.9 Å². The van der Waals surface area contributed by atoms with E-state index in [1.807, 2.05) is 26.0 Å². The molecule has 0 aliphatic carbocycles. The molecule has 104 valence electrons. The molecule has 0 amide bonds. The van der Waals surface area contributed by atoms with Crippen LogP contribution in [0.5, 0.6) is 0 Å². The zero-order valence-electron chi connectivity index (χ0n) is 11.5. The van der Waals surface area contributed by atoms with Crippen LogP contribution in [0.3, 0.4) is 0 Å². The third kappa shape index (κ3) is 2.84. The average Bonchev–Trinajstić information content (AvgIpc) is 2.82. The molecular formula is C15H21NO2S. The molecule has 19 heavy (non-hydrogen) atoms. The van der Waals surface area contributed by atoms with Crippen molar-refractivity contribution >= 4 is 15.5 Å². The lowest BCUT2D eigenvalue weighted by Gasteiger charge is -2.16. The largest absolute Gasteiger partial charge is 0.384 e. The van der Waals surface area contributed by atoms with Crippen molar-refractivity contribution in [2.45, 2.75) is 36.8 Å². The van der Waals surface area contributed by atoms with Gasteiger partial charge in [-0.15, -0.1) is 6.58 Å². The first-order valence-corrected chi connectivity index (χ1v) is 8.23. The molecule has 1 heterocycles. The minimum absolute atomic E-state index is 0.328. The van der Waals surface area contributed by atoms with E-state index in [4.69, 9.17) is 0 Å². The zero-order valence-corrected chi connectivity index (χ0v) is 12.3. The van der Waals surface area contributed by atoms with Gasteiger partial charge in [-0.05, 0) is 42.5 Å². The minimum atomic E-state index is -3.31. The Bertz CT molecular complexity index is 576. The van der Waals surface area contributed by atoms with Crippen LogP contribution in [0.1, 0.15) is 25.8 Å². The number of rotatable bonds is 5. The topological polar surface area (TPSA) is 46.2 Å². The first-order chi connectivity index (χ1) is 8.95. The molecule has 0 fully saturated rings. The van der Waals surface area contributed by atoms with Gasteiger partial charge in [-0.2, -0.15) is 0 Å². The molecule has 0 spiro atoms. The molecule has 1 atom stereocenters. The van der Waals surface area contributed by atoms with Gasteiger partial charge in [0, 0.05) is 12.2 Å². The van der Waals surface area contributed by atoms with Crippen molar-refractivity contribution in [3.63, 3.8) is 0 Å². The summed E-state index contributed by atoms with van der Waals surface area (Å²) in [5.41, 5.74) is 2.14. The highest BCUT2D eigenvalue weighted by Crippen LogP contribution is 2.28. The van der Waals surface area contributed by atoms with Crippen LogP contribution >= 0.6 is 0 Å². The van der Waals surface area contributed by atoms with Crippen LogP contribution in [-0.2, 0) is 16.3 Å². The molecule has 3 nitrogen and oxygen atoms in total. The van der Waals surface area contributed by atoms with E-state index in [0.717, 1.165) is 24.2 Å². The van der Waals surface area contributed by atoms with Gasteiger partial charge in [0.1, 0.15) is 0 Å². The van der Waals surface area contributed by atoms with Crippen LogP contribution in [0.2, 0.25) is 0 Å². The van der Waals surface area contributed by atoms with Gasteiger partial charge in [-0.3, -0.25) is 0 Å². The molecule has 0 saturated heterocycles. The number of hydrogen-bond acceptors (Lipinski definition) is 3. The Kier molecular flexibility index (Phi) is 3.99. The van der Waals surface area contributed by atoms with Gasteiger partial charge in [0.2, 0.25) is 0 Å². The highest BCUT2D eigenvalue weighted by Gasteiger charge is 2.26. The standard InChI is InChI=1S/C15H21NO2S/c1-4-13(9-11(2)3)19(17,18)14-5-6-15-12(10-14)7-8-16-15/h4-6,10-11,13,16H,1,7-9H2,2-3H3. The molecule has 4 heteroatoms. The van der Waals surface area contributed by atoms with Crippen LogP contribution in [0.15, 0.2) is 35.7 Å². The fraction of sp³-hybridized carbons (Fsp3) is 0.467. The number of hydrogen-bond donors (Lipinski definition) is 1. The van der Waals surface area contributed by atoms with E-state index in [1.54, 1.807) is 12.1 Å². The van der Waals surface area contributed by atoms with Crippen molar-refractivity contribution < 1.29 is 8.42 Å². The van der Waals surface area contributed by atoms with Gasteiger partial charge in [0.25, 0.3) is 0 Å². The fourth-order valence-corrected chi connectivity index (χ4v) is 4.25. The van der Waals surface area contributed by atoms with E-state index in [-0.39, 0.29) is 0 Å². The van der Waals surface area contributed by atoms with Crippen molar-refractivity contribution in [2.24, 2.45) is 5.92 Å². The minimum Gasteiger partial charge on any atom is -0.384 e. The summed E-state index contributed by atoms with van der Waals surface area (Å²) in [5.74, 6) is 0.328. The van der Waals surface area contributed by atoms with Gasteiger partial charge >= 0.3 is 0 Å². The Balaban J connectivity index is 2.35. The maximum atomic E-state index is 12.6. The second kappa shape index (κ2) is 5.37. The third-order valence-electron chi connectivity index (χ3n) is 3.48. The summed E-state index contributed by atoms with van der Waals surface area (Å²) in [4.78, 5) is 0.417. The molecule has 1 unspecified atom stereocenters. The number of nitrogens with one attached hydrogen (secondary N) is 1. The molecule has 1 N–H and O–H groups in total. The Labute approximate surface area is 115 Å². The van der Waals surface area contributed by atoms with Crippen LogP contribution < -0.4 is 5.32 Å². The molecule has 1 aliphatic heterocycles. The summed E-state index contributed by atoms with van der Waals surface area (Å²) in [5, 5.41) is 2.74. The average molecular weight is 279 g/mol. The molecule has 1 aromatic rings. The lowest BCUT2D eigenvalue weighted by molar-refractivity contribution is 0.551. The highest BCUT2D eigenvalue weighted by molar-refractivity contribution is 7.92. The number of anilines is 1. The molecule has 0 bridgehead atoms. The summed E-state index contributed by atoms with van der Waals surface area (Å²) in [7, 11) is -3.31. The molecule has 1 aliphatic rings. The molecule has 0 saturated carbocycles. The van der Waals surface area contributed by atoms with Gasteiger partial charge < -0.3 is 5.32 Å². The summed E-state index contributed by atoms with van der Waals surface area (Å²) in [6.07, 6.45) is 3.06. The Morgan fingerprint density at radius 1 is 1.42 bits per heavy atom. The number of benzene rings is 1. The molecule has 0 radical (unpaired) electrons. The zero-order chi connectivity index (χ0) is 14.0. The smallest absolute Gasteiger partial charge is 0.184 e. The maximum Gasteiger partial charge on any atom is 0.184 e. The predicted octanol–water partition coefficient (Wildman–Crippen LogP) is 3.03. The van der Waals surface area contributed by atoms with E-state index in [1.165, 1.54) is 0 Å². The Morgan fingerprint density at radius 2 is 2.16 bits per heavy atom. The summed E-state index contributed by atoms with van der Waals surface area (Å²) >= 11 is 0. The monoisotopic (exact) mass is 279 g/mol. The van der Waals surface area contributed by atoms with Gasteiger partial charge in [0.15, 0.2) is 9.84 Å². The van der Waals surface area contributed by atoms with E-state index in [0.29, 0.717) is 17.2 Å². The van der Waals surface area contributed by atoms with E-state index in [2.05, 4.69) is 11.9 Å². The Hall–Kier alpha value is -1.29. The summed E-state index contributed by atoms with van der Waals surface area (Å²) in [6.45, 7) is 8.62. The van der Waals surface area contributed by atoms with Crippen molar-refractivity contribution in [3.8, 4) is 0 Å². The Morgan fingerprint density at radius 3 is 2.79 bits per heavy atom. The second-order valence-electron chi connectivity index (χ2n) is 5.44. The van der Waals surface area contributed by atoms with Crippen molar-refractivity contribution in [1.82, 2.24) is 0 Å². The first-order valence-electron chi connectivity index (χ1n) is 6.68. The molecule has 2 rings (SSSR count). The predicted molar refractivity (Wildman–Crippen MR) is 79.3 cm³/mol. The second-order valence-corrected chi connectivity index (χ2v) is 7.61. The van der Waals surface area contributed by atoms with Crippen LogP contribution in [0.25, 0.3) is 0 Å². The maximum absolute atomic E-state index is 12.6. The third-order valence-corrected chi connectivity index (χ3v) is 5.57. The van der Waals surface area contributed by atoms with Gasteiger partial charge in [0.05, 0.1) is 10.1 Å². The molecular weight excluding hydrogens is 258 g/mol. The summed E-state index contributed by atoms with van der Waals surface area (Å²) < 4.78 is 25.2. The van der Waals surface area contributed by atoms with E-state index >= 15 is 0 Å². The highest BCUT2D eigenvalue weighted by atomic mass is 32.2. The van der Waals surface area contributed by atoms with E-state index < -0.39 is 15.1 Å². The fourth-order valence-electron chi connectivity index (χ4n) is 2.45. The normalized spacial score (nSPS) is 15.9. The van der Waals surface area contributed by atoms with Crippen molar-refractivity contribution in [1.29, 1.82) is 0 Å². The van der Waals surface area contributed by atoms with Crippen molar-refractivity contribution in [2.75, 3.05) is 11.9 Å². The quantitative estimate of drug-likeness (QED) is 0.843. The van der Waals surface area contributed by atoms with Crippen LogP contribution in [-0.4, -0.2) is 20.2 Å². The van der Waals surface area contributed by atoms with E-state index in [9.17, 15) is 8.42 Å². The summed E-state index contributed by atoms with van der Waals surface area (Å²) in [6, 6.07) is 5.37. The van der Waals surface area contributed by atoms with Crippen LogP contribution in [0.4, 0.5) is 5.69 Å². The van der Waals surface area contributed by atoms with Crippen molar-refractivity contribution in [3.05, 3.63) is 36.4 Å². The molecule has 1 aromatic carbocycles. The molecule has 0 aromatic heterocycles. The lowest BCUT2D eigenvalue weighted by atomic mass is 10.1. The first kappa shape index (κ1) is 14.1. The SMILES string of the molecule is C=CC(CC(C)C)S(=O)(=O)c1ccc2c(c1)CCN2. The van der Waals surface area contributed by atoms with Crippen LogP contribution in [0, 0.1) is 5.92 Å².